The Hall–Kier alpha value is -0.660. The summed E-state index contributed by atoms with van der Waals surface area (Å²) in [5.74, 6) is -0.599. The Morgan fingerprint density at radius 3 is 2.53 bits per heavy atom. The first kappa shape index (κ1) is 10.8. The van der Waals surface area contributed by atoms with Crippen molar-refractivity contribution >= 4 is 16.0 Å². The van der Waals surface area contributed by atoms with E-state index in [-0.39, 0.29) is 18.2 Å². The van der Waals surface area contributed by atoms with E-state index in [9.17, 15) is 13.2 Å². The molecule has 15 heavy (non-hydrogen) atoms. The summed E-state index contributed by atoms with van der Waals surface area (Å²) < 4.78 is 25.4. The minimum Gasteiger partial charge on any atom is -0.481 e. The van der Waals surface area contributed by atoms with Crippen molar-refractivity contribution in [2.75, 3.05) is 18.8 Å². The van der Waals surface area contributed by atoms with E-state index in [0.717, 1.165) is 13.1 Å². The van der Waals surface area contributed by atoms with E-state index in [1.165, 1.54) is 0 Å². The molecular weight excluding hydrogens is 220 g/mol. The predicted molar refractivity (Wildman–Crippen MR) is 52.8 cm³/mol. The third-order valence-electron chi connectivity index (χ3n) is 2.99. The lowest BCUT2D eigenvalue weighted by atomic mass is 10.4. The van der Waals surface area contributed by atoms with Gasteiger partial charge >= 0.3 is 5.97 Å². The van der Waals surface area contributed by atoms with Crippen LogP contribution in [0.3, 0.4) is 0 Å². The summed E-state index contributed by atoms with van der Waals surface area (Å²) in [7, 11) is -3.41. The summed E-state index contributed by atoms with van der Waals surface area (Å²) in [6, 6.07) is 0.0324. The maximum Gasteiger partial charge on any atom is 0.304 e. The fourth-order valence-electron chi connectivity index (χ4n) is 2.08. The molecule has 1 aliphatic carbocycles. The van der Waals surface area contributed by atoms with Crippen LogP contribution in [0.5, 0.6) is 0 Å². The molecule has 3 N–H and O–H groups in total. The van der Waals surface area contributed by atoms with Crippen LogP contribution < -0.4 is 10.0 Å². The summed E-state index contributed by atoms with van der Waals surface area (Å²) in [4.78, 5) is 10.2. The van der Waals surface area contributed by atoms with E-state index in [0.29, 0.717) is 11.8 Å². The quantitative estimate of drug-likeness (QED) is 0.543. The van der Waals surface area contributed by atoms with Crippen LogP contribution in [-0.2, 0) is 14.8 Å². The molecule has 2 atom stereocenters. The van der Waals surface area contributed by atoms with Gasteiger partial charge in [0.05, 0.1) is 12.2 Å². The highest BCUT2D eigenvalue weighted by molar-refractivity contribution is 7.89. The zero-order chi connectivity index (χ0) is 11.1. The largest absolute Gasteiger partial charge is 0.481 e. The minimum absolute atomic E-state index is 0.0324. The van der Waals surface area contributed by atoms with Gasteiger partial charge in [0.25, 0.3) is 0 Å². The molecule has 0 spiro atoms. The highest BCUT2D eigenvalue weighted by Crippen LogP contribution is 2.41. The standard InChI is InChI=1S/C8H14N2O4S/c11-7(12)1-2-15(13,14)10-8-5-3-9-4-6(5)8/h5-6,8-10H,1-4H2,(H,11,12). The maximum atomic E-state index is 11.4. The molecule has 2 unspecified atom stereocenters. The molecule has 2 rings (SSSR count). The van der Waals surface area contributed by atoms with E-state index < -0.39 is 16.0 Å². The molecule has 0 amide bonds. The Morgan fingerprint density at radius 1 is 1.40 bits per heavy atom. The zero-order valence-electron chi connectivity index (χ0n) is 8.14. The average Bonchev–Trinajstić information content (AvgIpc) is 2.64. The highest BCUT2D eigenvalue weighted by atomic mass is 32.2. The number of nitrogens with one attached hydrogen (secondary N) is 2. The molecule has 1 heterocycles. The van der Waals surface area contributed by atoms with E-state index in [1.807, 2.05) is 0 Å². The number of rotatable bonds is 5. The van der Waals surface area contributed by atoms with E-state index in [4.69, 9.17) is 5.11 Å². The summed E-state index contributed by atoms with van der Waals surface area (Å²) in [6.45, 7) is 1.72. The van der Waals surface area contributed by atoms with Gasteiger partial charge in [-0.3, -0.25) is 4.79 Å². The lowest BCUT2D eigenvalue weighted by Crippen LogP contribution is -2.34. The van der Waals surface area contributed by atoms with Crippen molar-refractivity contribution in [3.63, 3.8) is 0 Å². The molecule has 1 saturated heterocycles. The van der Waals surface area contributed by atoms with Crippen LogP contribution in [0.15, 0.2) is 0 Å². The van der Waals surface area contributed by atoms with Crippen LogP contribution in [0.1, 0.15) is 6.42 Å². The van der Waals surface area contributed by atoms with Gasteiger partial charge in [0.1, 0.15) is 0 Å². The number of carbonyl (C=O) groups is 1. The Labute approximate surface area is 88.1 Å². The molecule has 2 fully saturated rings. The number of carboxylic acid groups (broad SMARTS) is 1. The number of fused-ring (bicyclic) bond motifs is 1. The molecule has 1 saturated carbocycles. The molecule has 6 nitrogen and oxygen atoms in total. The summed E-state index contributed by atoms with van der Waals surface area (Å²) in [5.41, 5.74) is 0. The molecule has 1 aliphatic heterocycles. The Kier molecular flexibility index (Phi) is 2.70. The third kappa shape index (κ3) is 2.47. The van der Waals surface area contributed by atoms with Crippen molar-refractivity contribution in [1.29, 1.82) is 0 Å². The zero-order valence-corrected chi connectivity index (χ0v) is 8.96. The number of hydrogen-bond donors (Lipinski definition) is 3. The predicted octanol–water partition coefficient (Wildman–Crippen LogP) is -1.40. The van der Waals surface area contributed by atoms with Crippen molar-refractivity contribution in [3.8, 4) is 0 Å². The van der Waals surface area contributed by atoms with Gasteiger partial charge in [-0.1, -0.05) is 0 Å². The van der Waals surface area contributed by atoms with E-state index >= 15 is 0 Å². The third-order valence-corrected chi connectivity index (χ3v) is 4.36. The van der Waals surface area contributed by atoms with Crippen LogP contribution in [-0.4, -0.2) is 44.4 Å². The highest BCUT2D eigenvalue weighted by Gasteiger charge is 2.54. The molecule has 2 aliphatic rings. The molecule has 7 heteroatoms. The van der Waals surface area contributed by atoms with Gasteiger partial charge in [0.2, 0.25) is 10.0 Å². The Morgan fingerprint density at radius 2 is 2.00 bits per heavy atom. The van der Waals surface area contributed by atoms with Crippen LogP contribution in [0.25, 0.3) is 0 Å². The molecule has 0 aromatic carbocycles. The van der Waals surface area contributed by atoms with Gasteiger partial charge < -0.3 is 10.4 Å². The van der Waals surface area contributed by atoms with Gasteiger partial charge in [0.15, 0.2) is 0 Å². The number of hydrogen-bond acceptors (Lipinski definition) is 4. The Balaban J connectivity index is 1.81. The SMILES string of the molecule is O=C(O)CCS(=O)(=O)NC1C2CNCC21. The molecule has 0 aromatic heterocycles. The van der Waals surface area contributed by atoms with Crippen LogP contribution >= 0.6 is 0 Å². The number of piperidine rings is 1. The molecule has 0 bridgehead atoms. The summed E-state index contributed by atoms with van der Waals surface area (Å²) in [6.07, 6.45) is -0.338. The second-order valence-electron chi connectivity index (χ2n) is 4.09. The monoisotopic (exact) mass is 234 g/mol. The van der Waals surface area contributed by atoms with Crippen molar-refractivity contribution in [1.82, 2.24) is 10.0 Å². The van der Waals surface area contributed by atoms with Gasteiger partial charge in [-0.05, 0) is 24.9 Å². The second kappa shape index (κ2) is 3.73. The van der Waals surface area contributed by atoms with Crippen molar-refractivity contribution < 1.29 is 18.3 Å². The number of carboxylic acids is 1. The van der Waals surface area contributed by atoms with Crippen LogP contribution in [0.4, 0.5) is 0 Å². The van der Waals surface area contributed by atoms with Gasteiger partial charge in [0, 0.05) is 6.04 Å². The maximum absolute atomic E-state index is 11.4. The van der Waals surface area contributed by atoms with Crippen molar-refractivity contribution in [2.45, 2.75) is 12.5 Å². The van der Waals surface area contributed by atoms with Crippen molar-refractivity contribution in [2.24, 2.45) is 11.8 Å². The first-order valence-corrected chi connectivity index (χ1v) is 6.57. The second-order valence-corrected chi connectivity index (χ2v) is 5.97. The fraction of sp³-hybridized carbons (Fsp3) is 0.875. The average molecular weight is 234 g/mol. The van der Waals surface area contributed by atoms with Gasteiger partial charge in [-0.25, -0.2) is 13.1 Å². The molecular formula is C8H14N2O4S. The topological polar surface area (TPSA) is 95.5 Å². The summed E-state index contributed by atoms with van der Waals surface area (Å²) in [5, 5.41) is 11.5. The van der Waals surface area contributed by atoms with E-state index in [1.54, 1.807) is 0 Å². The Bertz CT molecular complexity index is 357. The first-order valence-electron chi connectivity index (χ1n) is 4.92. The summed E-state index contributed by atoms with van der Waals surface area (Å²) >= 11 is 0. The number of sulfonamides is 1. The van der Waals surface area contributed by atoms with Gasteiger partial charge in [-0.2, -0.15) is 0 Å². The molecule has 86 valence electrons. The molecule has 0 radical (unpaired) electrons. The fourth-order valence-corrected chi connectivity index (χ4v) is 3.41. The minimum atomic E-state index is -3.41. The first-order chi connectivity index (χ1) is 6.99. The van der Waals surface area contributed by atoms with Crippen LogP contribution in [0, 0.1) is 11.8 Å². The lowest BCUT2D eigenvalue weighted by molar-refractivity contribution is -0.136. The normalized spacial score (nSPS) is 33.7. The number of aliphatic carboxylic acids is 1. The smallest absolute Gasteiger partial charge is 0.304 e. The van der Waals surface area contributed by atoms with Crippen LogP contribution in [0.2, 0.25) is 0 Å². The van der Waals surface area contributed by atoms with Gasteiger partial charge in [-0.15, -0.1) is 0 Å². The molecule has 0 aromatic rings. The van der Waals surface area contributed by atoms with Crippen molar-refractivity contribution in [3.05, 3.63) is 0 Å². The lowest BCUT2D eigenvalue weighted by Gasteiger charge is -2.07. The van der Waals surface area contributed by atoms with E-state index in [2.05, 4.69) is 10.0 Å².